The molecule has 3 heterocycles. The highest BCUT2D eigenvalue weighted by Crippen LogP contribution is 2.35. The lowest BCUT2D eigenvalue weighted by Gasteiger charge is -2.27. The van der Waals surface area contributed by atoms with Crippen molar-refractivity contribution in [1.29, 1.82) is 0 Å². The lowest BCUT2D eigenvalue weighted by Crippen LogP contribution is -2.55. The van der Waals surface area contributed by atoms with Gasteiger partial charge in [-0.25, -0.2) is 9.79 Å². The minimum Gasteiger partial charge on any atom is -0.454 e. The Morgan fingerprint density at radius 1 is 1.21 bits per heavy atom. The molecule has 1 fully saturated rings. The molecule has 33 heavy (non-hydrogen) atoms. The van der Waals surface area contributed by atoms with Crippen LogP contribution in [0.1, 0.15) is 25.7 Å². The van der Waals surface area contributed by atoms with Gasteiger partial charge in [0.2, 0.25) is 18.5 Å². The Balaban J connectivity index is 1.36. The maximum absolute atomic E-state index is 13.0. The Kier molecular flexibility index (Phi) is 5.65. The lowest BCUT2D eigenvalue weighted by molar-refractivity contribution is -0.407. The molecule has 1 N–H and O–H groups in total. The van der Waals surface area contributed by atoms with Gasteiger partial charge in [-0.1, -0.05) is 29.6 Å². The van der Waals surface area contributed by atoms with Gasteiger partial charge in [-0.05, 0) is 25.0 Å². The first-order valence-corrected chi connectivity index (χ1v) is 11.8. The van der Waals surface area contributed by atoms with Crippen molar-refractivity contribution in [1.82, 2.24) is 4.90 Å². The summed E-state index contributed by atoms with van der Waals surface area (Å²) in [4.78, 5) is 48.6. The quantitative estimate of drug-likeness (QED) is 0.676. The average Bonchev–Trinajstić information content (AvgIpc) is 3.51. The highest BCUT2D eigenvalue weighted by molar-refractivity contribution is 8.14. The molecule has 172 valence electrons. The van der Waals surface area contributed by atoms with E-state index < -0.39 is 11.9 Å². The summed E-state index contributed by atoms with van der Waals surface area (Å²) in [6.45, 7) is 0.160. The summed E-state index contributed by atoms with van der Waals surface area (Å²) in [5.41, 5.74) is 0.592. The molecule has 0 saturated heterocycles. The van der Waals surface area contributed by atoms with Crippen molar-refractivity contribution in [2.24, 2.45) is 21.8 Å². The smallest absolute Gasteiger partial charge is 0.445 e. The third-order valence-corrected chi connectivity index (χ3v) is 7.21. The minimum absolute atomic E-state index is 0.0592. The average molecular weight is 471 g/mol. The molecule has 1 unspecified atom stereocenters. The van der Waals surface area contributed by atoms with Crippen molar-refractivity contribution in [2.75, 3.05) is 32.0 Å². The van der Waals surface area contributed by atoms with Crippen molar-refractivity contribution >= 4 is 52.0 Å². The Morgan fingerprint density at radius 2 is 1.97 bits per heavy atom. The minimum atomic E-state index is -0.786. The molecule has 4 aliphatic rings. The summed E-state index contributed by atoms with van der Waals surface area (Å²) in [7, 11) is 3.06. The third kappa shape index (κ3) is 4.01. The molecule has 10 nitrogen and oxygen atoms in total. The summed E-state index contributed by atoms with van der Waals surface area (Å²) in [5, 5.41) is 3.34. The Hall–Kier alpha value is -3.21. The number of rotatable bonds is 4. The van der Waals surface area contributed by atoms with Crippen molar-refractivity contribution in [3.05, 3.63) is 18.2 Å². The standard InChI is InChI=1S/C22H23N5O5S/c1-26-19-17(21(29)27(2)22(26)30)20(25-18(24-19)12-5-3-4-6-12)33-10-16(28)23-13-7-8-14-15(9-13)32-11-31-14/h7-9,12,17H,3-6,10-11H2,1-2H3/p+1. The second-order valence-corrected chi connectivity index (χ2v) is 9.33. The second-order valence-electron chi connectivity index (χ2n) is 8.34. The summed E-state index contributed by atoms with van der Waals surface area (Å²) in [5.74, 6) is 1.11. The largest absolute Gasteiger partial charge is 0.454 e. The highest BCUT2D eigenvalue weighted by atomic mass is 32.2. The number of fused-ring (bicyclic) bond motifs is 2. The number of thioether (sulfide) groups is 1. The van der Waals surface area contributed by atoms with Crippen LogP contribution in [0.25, 0.3) is 0 Å². The Bertz CT molecular complexity index is 1140. The van der Waals surface area contributed by atoms with E-state index in [4.69, 9.17) is 14.5 Å². The van der Waals surface area contributed by atoms with Crippen LogP contribution in [0.3, 0.4) is 0 Å². The van der Waals surface area contributed by atoms with Gasteiger partial charge in [0, 0.05) is 17.7 Å². The van der Waals surface area contributed by atoms with Crippen LogP contribution in [0.15, 0.2) is 28.2 Å². The summed E-state index contributed by atoms with van der Waals surface area (Å²) >= 11 is 1.20. The molecular weight excluding hydrogens is 446 g/mol. The fourth-order valence-corrected chi connectivity index (χ4v) is 5.27. The number of carbonyl (C=O) groups is 3. The molecule has 0 radical (unpaired) electrons. The van der Waals surface area contributed by atoms with Gasteiger partial charge in [0.05, 0.1) is 19.8 Å². The zero-order valence-electron chi connectivity index (χ0n) is 18.4. The van der Waals surface area contributed by atoms with E-state index in [0.717, 1.165) is 30.6 Å². The van der Waals surface area contributed by atoms with Crippen LogP contribution in [-0.2, 0) is 9.59 Å². The Morgan fingerprint density at radius 3 is 2.76 bits per heavy atom. The number of imide groups is 1. The van der Waals surface area contributed by atoms with Gasteiger partial charge in [0.25, 0.3) is 5.84 Å². The van der Waals surface area contributed by atoms with Crippen molar-refractivity contribution in [3.8, 4) is 11.5 Å². The van der Waals surface area contributed by atoms with E-state index >= 15 is 0 Å². The monoisotopic (exact) mass is 470 g/mol. The number of hydrogen-bond acceptors (Lipinski definition) is 8. The maximum Gasteiger partial charge on any atom is 0.445 e. The number of ether oxygens (including phenoxy) is 2. The van der Waals surface area contributed by atoms with E-state index in [0.29, 0.717) is 33.9 Å². The van der Waals surface area contributed by atoms with E-state index in [-0.39, 0.29) is 30.3 Å². The predicted molar refractivity (Wildman–Crippen MR) is 123 cm³/mol. The number of anilines is 1. The first-order chi connectivity index (χ1) is 15.9. The van der Waals surface area contributed by atoms with Crippen LogP contribution in [0.2, 0.25) is 0 Å². The van der Waals surface area contributed by atoms with E-state index in [2.05, 4.69) is 10.3 Å². The second kappa shape index (κ2) is 8.62. The molecule has 1 saturated carbocycles. The predicted octanol–water partition coefficient (Wildman–Crippen LogP) is 2.34. The van der Waals surface area contributed by atoms with Gasteiger partial charge in [0.15, 0.2) is 17.4 Å². The van der Waals surface area contributed by atoms with E-state index in [1.807, 2.05) is 0 Å². The van der Waals surface area contributed by atoms with Gasteiger partial charge in [-0.3, -0.25) is 9.59 Å². The van der Waals surface area contributed by atoms with Crippen LogP contribution in [-0.4, -0.2) is 70.7 Å². The van der Waals surface area contributed by atoms with E-state index in [1.165, 1.54) is 23.4 Å². The number of amides is 4. The number of aliphatic imine (C=N–C) groups is 2. The summed E-state index contributed by atoms with van der Waals surface area (Å²) in [6, 6.07) is 4.77. The van der Waals surface area contributed by atoms with Crippen molar-refractivity contribution in [3.63, 3.8) is 0 Å². The van der Waals surface area contributed by atoms with Crippen LogP contribution < -0.4 is 14.8 Å². The van der Waals surface area contributed by atoms with Crippen LogP contribution in [0.4, 0.5) is 10.5 Å². The molecule has 0 aromatic heterocycles. The first kappa shape index (κ1) is 21.6. The van der Waals surface area contributed by atoms with Gasteiger partial charge in [0.1, 0.15) is 5.04 Å². The number of amidine groups is 2. The van der Waals surface area contributed by atoms with Crippen molar-refractivity contribution in [2.45, 2.75) is 25.7 Å². The molecule has 11 heteroatoms. The number of nitrogens with one attached hydrogen (secondary N) is 1. The lowest BCUT2D eigenvalue weighted by atomic mass is 10.0. The topological polar surface area (TPSA) is 113 Å². The number of benzene rings is 1. The summed E-state index contributed by atoms with van der Waals surface area (Å²) < 4.78 is 12.0. The molecule has 1 aromatic rings. The third-order valence-electron chi connectivity index (χ3n) is 6.18. The maximum atomic E-state index is 13.0. The fourth-order valence-electron chi connectivity index (χ4n) is 4.38. The molecule has 4 amide bonds. The van der Waals surface area contributed by atoms with Gasteiger partial charge in [-0.15, -0.1) is 0 Å². The molecule has 1 aromatic carbocycles. The summed E-state index contributed by atoms with van der Waals surface area (Å²) in [6.07, 6.45) is 4.17. The number of carbonyl (C=O) groups excluding carboxylic acids is 3. The number of hydrogen-bond donors (Lipinski definition) is 1. The molecule has 0 spiro atoms. The molecule has 3 aliphatic heterocycles. The van der Waals surface area contributed by atoms with Crippen LogP contribution >= 0.6 is 11.8 Å². The van der Waals surface area contributed by atoms with Gasteiger partial charge < -0.3 is 14.8 Å². The van der Waals surface area contributed by atoms with Gasteiger partial charge >= 0.3 is 11.9 Å². The molecule has 1 atom stereocenters. The normalized spacial score (nSPS) is 22.4. The van der Waals surface area contributed by atoms with Crippen LogP contribution in [0.5, 0.6) is 11.5 Å². The first-order valence-electron chi connectivity index (χ1n) is 10.8. The van der Waals surface area contributed by atoms with Crippen LogP contribution in [0, 0.1) is 11.8 Å². The van der Waals surface area contributed by atoms with E-state index in [9.17, 15) is 14.4 Å². The number of urea groups is 1. The van der Waals surface area contributed by atoms with Gasteiger partial charge in [-0.2, -0.15) is 9.48 Å². The SMILES string of the molecule is CN1C(=O)C2C(SCC(=O)Nc3ccc4c(c3)OCO4)=NC(C3CCCC3)=NC2=[N+](C)C1=O. The van der Waals surface area contributed by atoms with Crippen molar-refractivity contribution < 1.29 is 28.4 Å². The molecular formula is C22H24N5O5S+. The number of nitrogens with zero attached hydrogens (tertiary/aromatic N) is 4. The molecule has 5 rings (SSSR count). The van der Waals surface area contributed by atoms with E-state index in [1.54, 1.807) is 25.2 Å². The zero-order chi connectivity index (χ0) is 23.1. The highest BCUT2D eigenvalue weighted by Gasteiger charge is 2.49. The molecule has 1 aliphatic carbocycles. The zero-order valence-corrected chi connectivity index (χ0v) is 19.2. The fraction of sp³-hybridized carbons (Fsp3) is 0.455. The Labute approximate surface area is 194 Å². The molecule has 0 bridgehead atoms.